The molecule has 1 aliphatic rings. The first-order valence-corrected chi connectivity index (χ1v) is 6.09. The van der Waals surface area contributed by atoms with E-state index in [9.17, 15) is 0 Å². The molecule has 2 nitrogen and oxygen atoms in total. The number of hydrogen-bond donors (Lipinski definition) is 1. The molecule has 78 valence electrons. The van der Waals surface area contributed by atoms with Crippen LogP contribution in [-0.4, -0.2) is 10.5 Å². The number of nitrogens with zero attached hydrogens (tertiary/aromatic N) is 1. The van der Waals surface area contributed by atoms with Gasteiger partial charge in [-0.05, 0) is 40.0 Å². The van der Waals surface area contributed by atoms with Crippen LogP contribution in [0.25, 0.3) is 0 Å². The van der Waals surface area contributed by atoms with E-state index < -0.39 is 0 Å². The Morgan fingerprint density at radius 2 is 2.14 bits per heavy atom. The summed E-state index contributed by atoms with van der Waals surface area (Å²) in [6.45, 7) is 7.47. The average Bonchev–Trinajstić information content (AvgIpc) is 2.40. The molecule has 1 N–H and O–H groups in total. The Kier molecular flexibility index (Phi) is 2.62. The molecule has 1 fully saturated rings. The molecule has 0 bridgehead atoms. The summed E-state index contributed by atoms with van der Waals surface area (Å²) in [4.78, 5) is 5.88. The van der Waals surface area contributed by atoms with Crippen LogP contribution in [0.15, 0.2) is 0 Å². The summed E-state index contributed by atoms with van der Waals surface area (Å²) >= 11 is 1.82. The molecule has 0 aromatic carbocycles. The molecular weight excluding hydrogens is 192 g/mol. The molecule has 0 atom stereocenters. The fourth-order valence-corrected chi connectivity index (χ4v) is 2.66. The molecule has 0 aliphatic heterocycles. The zero-order valence-corrected chi connectivity index (χ0v) is 10.0. The molecule has 1 aliphatic carbocycles. The summed E-state index contributed by atoms with van der Waals surface area (Å²) in [6.07, 6.45) is 4.01. The summed E-state index contributed by atoms with van der Waals surface area (Å²) in [6, 6.07) is 0. The third kappa shape index (κ3) is 1.98. The highest BCUT2D eigenvalue weighted by atomic mass is 32.1. The minimum Gasteiger partial charge on any atom is -0.305 e. The summed E-state index contributed by atoms with van der Waals surface area (Å²) in [7, 11) is 0. The summed E-state index contributed by atoms with van der Waals surface area (Å²) in [5.41, 5.74) is 1.58. The van der Waals surface area contributed by atoms with Gasteiger partial charge in [0, 0.05) is 17.0 Å². The zero-order chi connectivity index (χ0) is 10.2. The highest BCUT2D eigenvalue weighted by Crippen LogP contribution is 2.31. The second-order valence-electron chi connectivity index (χ2n) is 4.52. The predicted octanol–water partition coefficient (Wildman–Crippen LogP) is 2.79. The minimum absolute atomic E-state index is 0.396. The van der Waals surface area contributed by atoms with Crippen LogP contribution in [0.3, 0.4) is 0 Å². The lowest BCUT2D eigenvalue weighted by atomic mass is 9.78. The topological polar surface area (TPSA) is 24.9 Å². The Balaban J connectivity index is 1.91. The number of rotatable bonds is 3. The molecule has 1 aromatic rings. The minimum atomic E-state index is 0.396. The van der Waals surface area contributed by atoms with E-state index in [2.05, 4.69) is 31.1 Å². The fraction of sp³-hybridized carbons (Fsp3) is 0.727. The van der Waals surface area contributed by atoms with E-state index in [4.69, 9.17) is 0 Å². The SMILES string of the molecule is Cc1nc(CNC2(C)CCC2)sc1C. The first-order chi connectivity index (χ1) is 6.59. The van der Waals surface area contributed by atoms with E-state index in [1.54, 1.807) is 0 Å². The van der Waals surface area contributed by atoms with E-state index in [-0.39, 0.29) is 0 Å². The maximum Gasteiger partial charge on any atom is 0.107 e. The maximum absolute atomic E-state index is 4.53. The maximum atomic E-state index is 4.53. The van der Waals surface area contributed by atoms with E-state index in [0.717, 1.165) is 6.54 Å². The summed E-state index contributed by atoms with van der Waals surface area (Å²) < 4.78 is 0. The van der Waals surface area contributed by atoms with Gasteiger partial charge in [0.25, 0.3) is 0 Å². The number of hydrogen-bond acceptors (Lipinski definition) is 3. The van der Waals surface area contributed by atoms with Crippen molar-refractivity contribution in [2.75, 3.05) is 0 Å². The van der Waals surface area contributed by atoms with Crippen LogP contribution in [0.1, 0.15) is 41.8 Å². The van der Waals surface area contributed by atoms with Crippen LogP contribution in [0.4, 0.5) is 0 Å². The largest absolute Gasteiger partial charge is 0.305 e. The Labute approximate surface area is 89.8 Å². The fourth-order valence-electron chi connectivity index (χ4n) is 1.79. The van der Waals surface area contributed by atoms with Gasteiger partial charge >= 0.3 is 0 Å². The van der Waals surface area contributed by atoms with Crippen LogP contribution in [-0.2, 0) is 6.54 Å². The van der Waals surface area contributed by atoms with E-state index >= 15 is 0 Å². The Morgan fingerprint density at radius 3 is 2.57 bits per heavy atom. The van der Waals surface area contributed by atoms with Crippen LogP contribution in [0.5, 0.6) is 0 Å². The van der Waals surface area contributed by atoms with Crippen molar-refractivity contribution in [3.05, 3.63) is 15.6 Å². The van der Waals surface area contributed by atoms with Gasteiger partial charge in [-0.2, -0.15) is 0 Å². The smallest absolute Gasteiger partial charge is 0.107 e. The van der Waals surface area contributed by atoms with Crippen molar-refractivity contribution in [3.63, 3.8) is 0 Å². The third-order valence-electron chi connectivity index (χ3n) is 3.20. The molecule has 1 heterocycles. The van der Waals surface area contributed by atoms with Crippen molar-refractivity contribution in [2.45, 2.75) is 52.1 Å². The van der Waals surface area contributed by atoms with Crippen LogP contribution in [0.2, 0.25) is 0 Å². The first kappa shape index (κ1) is 10.1. The van der Waals surface area contributed by atoms with Crippen LogP contribution in [0, 0.1) is 13.8 Å². The van der Waals surface area contributed by atoms with Gasteiger partial charge in [0.05, 0.1) is 5.69 Å². The summed E-state index contributed by atoms with van der Waals surface area (Å²) in [5.74, 6) is 0. The lowest BCUT2D eigenvalue weighted by Gasteiger charge is -2.39. The van der Waals surface area contributed by atoms with Crippen molar-refractivity contribution in [3.8, 4) is 0 Å². The number of nitrogens with one attached hydrogen (secondary N) is 1. The molecule has 2 rings (SSSR count). The number of aryl methyl sites for hydroxylation is 2. The highest BCUT2D eigenvalue weighted by Gasteiger charge is 2.30. The molecule has 14 heavy (non-hydrogen) atoms. The van der Waals surface area contributed by atoms with Gasteiger partial charge in [-0.25, -0.2) is 4.98 Å². The standard InChI is InChI=1S/C11H18N2S/c1-8-9(2)14-10(13-8)7-12-11(3)5-4-6-11/h12H,4-7H2,1-3H3. The lowest BCUT2D eigenvalue weighted by molar-refractivity contribution is 0.206. The van der Waals surface area contributed by atoms with Crippen molar-refractivity contribution in [2.24, 2.45) is 0 Å². The number of aromatic nitrogens is 1. The van der Waals surface area contributed by atoms with Crippen LogP contribution >= 0.6 is 11.3 Å². The Morgan fingerprint density at radius 1 is 1.43 bits per heavy atom. The lowest BCUT2D eigenvalue weighted by Crippen LogP contribution is -2.47. The van der Waals surface area contributed by atoms with Gasteiger partial charge in [0.1, 0.15) is 5.01 Å². The quantitative estimate of drug-likeness (QED) is 0.830. The molecule has 0 saturated heterocycles. The molecular formula is C11H18N2S. The molecule has 1 aromatic heterocycles. The second kappa shape index (κ2) is 3.63. The molecule has 0 radical (unpaired) electrons. The normalized spacial score (nSPS) is 19.4. The van der Waals surface area contributed by atoms with Crippen molar-refractivity contribution >= 4 is 11.3 Å². The van der Waals surface area contributed by atoms with E-state index in [0.29, 0.717) is 5.54 Å². The monoisotopic (exact) mass is 210 g/mol. The number of thiazole rings is 1. The Bertz CT molecular complexity index is 307. The second-order valence-corrected chi connectivity index (χ2v) is 5.80. The molecule has 0 amide bonds. The summed E-state index contributed by atoms with van der Waals surface area (Å²) in [5, 5.41) is 4.83. The van der Waals surface area contributed by atoms with Crippen molar-refractivity contribution in [1.82, 2.24) is 10.3 Å². The van der Waals surface area contributed by atoms with Gasteiger partial charge in [-0.1, -0.05) is 0 Å². The average molecular weight is 210 g/mol. The van der Waals surface area contributed by atoms with Gasteiger partial charge < -0.3 is 5.32 Å². The van der Waals surface area contributed by atoms with Crippen molar-refractivity contribution in [1.29, 1.82) is 0 Å². The van der Waals surface area contributed by atoms with E-state index in [1.165, 1.54) is 34.8 Å². The predicted molar refractivity (Wildman–Crippen MR) is 60.7 cm³/mol. The highest BCUT2D eigenvalue weighted by molar-refractivity contribution is 7.11. The first-order valence-electron chi connectivity index (χ1n) is 5.27. The molecule has 3 heteroatoms. The van der Waals surface area contributed by atoms with Gasteiger partial charge in [-0.3, -0.25) is 0 Å². The molecule has 0 spiro atoms. The van der Waals surface area contributed by atoms with Crippen molar-refractivity contribution < 1.29 is 0 Å². The van der Waals surface area contributed by atoms with Crippen LogP contribution < -0.4 is 5.32 Å². The molecule has 1 saturated carbocycles. The van der Waals surface area contributed by atoms with E-state index in [1.807, 2.05) is 11.3 Å². The zero-order valence-electron chi connectivity index (χ0n) is 9.18. The van der Waals surface area contributed by atoms with Gasteiger partial charge in [0.2, 0.25) is 0 Å². The molecule has 0 unspecified atom stereocenters. The van der Waals surface area contributed by atoms with Gasteiger partial charge in [0.15, 0.2) is 0 Å². The Hall–Kier alpha value is -0.410. The van der Waals surface area contributed by atoms with Gasteiger partial charge in [-0.15, -0.1) is 11.3 Å². The third-order valence-corrected chi connectivity index (χ3v) is 4.27.